The van der Waals surface area contributed by atoms with Crippen LogP contribution in [0.2, 0.25) is 0 Å². The molecular weight excluding hydrogens is 352 g/mol. The third-order valence-corrected chi connectivity index (χ3v) is 4.24. The molecule has 0 radical (unpaired) electrons. The smallest absolute Gasteiger partial charge is 0.167 e. The number of aromatic hydroxyl groups is 1. The zero-order valence-corrected chi connectivity index (χ0v) is 14.9. The maximum absolute atomic E-state index is 9.91. The number of fused-ring (bicyclic) bond motifs is 1. The maximum atomic E-state index is 9.91. The molecule has 134 valence electrons. The topological polar surface area (TPSA) is 114 Å². The van der Waals surface area contributed by atoms with Crippen LogP contribution >= 0.6 is 0 Å². The Labute approximate surface area is 160 Å². The Balaban J connectivity index is 1.95. The SMILES string of the molecule is Cc1ccc(O)cc1-n1c(N)c(C#N)c2ncc(C#Cc3cccnc3)nc21. The summed E-state index contributed by atoms with van der Waals surface area (Å²) in [6.07, 6.45) is 4.84. The van der Waals surface area contributed by atoms with E-state index < -0.39 is 0 Å². The third kappa shape index (κ3) is 2.87. The molecule has 0 aliphatic rings. The Morgan fingerprint density at radius 2 is 2.04 bits per heavy atom. The highest BCUT2D eigenvalue weighted by atomic mass is 16.3. The van der Waals surface area contributed by atoms with Crippen LogP contribution in [0.5, 0.6) is 5.75 Å². The molecule has 0 saturated carbocycles. The molecule has 0 unspecified atom stereocenters. The van der Waals surface area contributed by atoms with Gasteiger partial charge in [-0.15, -0.1) is 0 Å². The Bertz CT molecular complexity index is 1310. The fourth-order valence-electron chi connectivity index (χ4n) is 2.88. The molecule has 0 spiro atoms. The largest absolute Gasteiger partial charge is 0.508 e. The van der Waals surface area contributed by atoms with E-state index in [0.29, 0.717) is 22.5 Å². The lowest BCUT2D eigenvalue weighted by atomic mass is 10.2. The van der Waals surface area contributed by atoms with Crippen molar-refractivity contribution in [3.63, 3.8) is 0 Å². The van der Waals surface area contributed by atoms with E-state index in [9.17, 15) is 10.4 Å². The van der Waals surface area contributed by atoms with E-state index in [1.807, 2.05) is 13.0 Å². The fraction of sp³-hybridized carbons (Fsp3) is 0.0476. The summed E-state index contributed by atoms with van der Waals surface area (Å²) in [5.74, 6) is 6.23. The van der Waals surface area contributed by atoms with Crippen molar-refractivity contribution in [1.82, 2.24) is 19.5 Å². The first-order valence-electron chi connectivity index (χ1n) is 8.37. The van der Waals surface area contributed by atoms with Gasteiger partial charge in [-0.2, -0.15) is 5.26 Å². The van der Waals surface area contributed by atoms with Gasteiger partial charge < -0.3 is 10.8 Å². The Hall–Kier alpha value is -4.36. The van der Waals surface area contributed by atoms with Gasteiger partial charge in [-0.25, -0.2) is 9.97 Å². The summed E-state index contributed by atoms with van der Waals surface area (Å²) < 4.78 is 1.62. The van der Waals surface area contributed by atoms with Crippen LogP contribution in [-0.4, -0.2) is 24.6 Å². The molecule has 0 saturated heterocycles. The summed E-state index contributed by atoms with van der Waals surface area (Å²) in [5, 5.41) is 19.4. The number of nitrogens with two attached hydrogens (primary N) is 1. The molecule has 4 rings (SSSR count). The molecule has 0 bridgehead atoms. The summed E-state index contributed by atoms with van der Waals surface area (Å²) in [6.45, 7) is 1.88. The van der Waals surface area contributed by atoms with Gasteiger partial charge in [-0.05, 0) is 36.6 Å². The van der Waals surface area contributed by atoms with E-state index in [0.717, 1.165) is 11.1 Å². The molecule has 0 amide bonds. The van der Waals surface area contributed by atoms with Crippen LogP contribution < -0.4 is 5.73 Å². The number of hydrogen-bond donors (Lipinski definition) is 2. The van der Waals surface area contributed by atoms with Gasteiger partial charge in [0.25, 0.3) is 0 Å². The monoisotopic (exact) mass is 366 g/mol. The molecule has 0 aliphatic heterocycles. The summed E-state index contributed by atoms with van der Waals surface area (Å²) in [5.41, 5.74) is 9.91. The molecule has 0 fully saturated rings. The van der Waals surface area contributed by atoms with Gasteiger partial charge in [0.15, 0.2) is 5.65 Å². The van der Waals surface area contributed by atoms with Crippen LogP contribution in [-0.2, 0) is 0 Å². The molecule has 3 heterocycles. The van der Waals surface area contributed by atoms with E-state index in [1.165, 1.54) is 6.20 Å². The highest BCUT2D eigenvalue weighted by molar-refractivity contribution is 5.88. The van der Waals surface area contributed by atoms with Crippen molar-refractivity contribution in [3.05, 3.63) is 71.3 Å². The summed E-state index contributed by atoms with van der Waals surface area (Å²) in [6, 6.07) is 10.7. The van der Waals surface area contributed by atoms with E-state index in [1.54, 1.807) is 41.2 Å². The van der Waals surface area contributed by atoms with Crippen molar-refractivity contribution in [2.75, 3.05) is 5.73 Å². The van der Waals surface area contributed by atoms with Crippen LogP contribution in [0.1, 0.15) is 22.4 Å². The Kier molecular flexibility index (Phi) is 4.11. The number of anilines is 1. The second-order valence-corrected chi connectivity index (χ2v) is 6.10. The Morgan fingerprint density at radius 1 is 1.18 bits per heavy atom. The molecule has 0 atom stereocenters. The van der Waals surface area contributed by atoms with Crippen LogP contribution in [0.15, 0.2) is 48.9 Å². The number of benzene rings is 1. The number of rotatable bonds is 1. The van der Waals surface area contributed by atoms with Crippen molar-refractivity contribution in [3.8, 4) is 29.3 Å². The molecule has 7 nitrogen and oxygen atoms in total. The number of phenols is 1. The molecular formula is C21H14N6O. The van der Waals surface area contributed by atoms with Gasteiger partial charge in [0.05, 0.1) is 11.9 Å². The number of aromatic nitrogens is 4. The predicted octanol–water partition coefficient (Wildman–Crippen LogP) is 2.68. The van der Waals surface area contributed by atoms with E-state index in [2.05, 4.69) is 32.9 Å². The summed E-state index contributed by atoms with van der Waals surface area (Å²) in [7, 11) is 0. The van der Waals surface area contributed by atoms with Crippen molar-refractivity contribution in [2.24, 2.45) is 0 Å². The molecule has 28 heavy (non-hydrogen) atoms. The average Bonchev–Trinajstić information content (AvgIpc) is 2.99. The number of phenolic OH excluding ortho intramolecular Hbond substituents is 1. The van der Waals surface area contributed by atoms with Gasteiger partial charge in [-0.1, -0.05) is 12.0 Å². The summed E-state index contributed by atoms with van der Waals surface area (Å²) in [4.78, 5) is 12.9. The van der Waals surface area contributed by atoms with E-state index >= 15 is 0 Å². The number of nitrogens with zero attached hydrogens (tertiary/aromatic N) is 5. The average molecular weight is 366 g/mol. The highest BCUT2D eigenvalue weighted by Crippen LogP contribution is 2.31. The maximum Gasteiger partial charge on any atom is 0.167 e. The minimum atomic E-state index is 0.0841. The van der Waals surface area contributed by atoms with Gasteiger partial charge in [0, 0.05) is 24.0 Å². The minimum absolute atomic E-state index is 0.0841. The lowest BCUT2D eigenvalue weighted by Crippen LogP contribution is -2.04. The van der Waals surface area contributed by atoms with Crippen molar-refractivity contribution < 1.29 is 5.11 Å². The second-order valence-electron chi connectivity index (χ2n) is 6.10. The molecule has 4 aromatic rings. The highest BCUT2D eigenvalue weighted by Gasteiger charge is 2.20. The summed E-state index contributed by atoms with van der Waals surface area (Å²) >= 11 is 0. The minimum Gasteiger partial charge on any atom is -0.508 e. The first-order chi connectivity index (χ1) is 13.6. The van der Waals surface area contributed by atoms with Gasteiger partial charge >= 0.3 is 0 Å². The lowest BCUT2D eigenvalue weighted by Gasteiger charge is -2.11. The number of hydrogen-bond acceptors (Lipinski definition) is 6. The fourth-order valence-corrected chi connectivity index (χ4v) is 2.88. The third-order valence-electron chi connectivity index (χ3n) is 4.24. The number of aryl methyl sites for hydroxylation is 1. The lowest BCUT2D eigenvalue weighted by molar-refractivity contribution is 0.475. The van der Waals surface area contributed by atoms with Crippen molar-refractivity contribution in [2.45, 2.75) is 6.92 Å². The molecule has 3 aromatic heterocycles. The van der Waals surface area contributed by atoms with Crippen LogP contribution in [0.4, 0.5) is 5.82 Å². The standard InChI is InChI=1S/C21H14N6O/c1-13-4-7-16(28)9-18(13)27-20(23)17(10-22)19-21(27)26-15(12-25-19)6-5-14-3-2-8-24-11-14/h2-4,7-9,11-12,28H,23H2,1H3. The molecule has 0 aliphatic carbocycles. The molecule has 3 N–H and O–H groups in total. The first kappa shape index (κ1) is 17.1. The van der Waals surface area contributed by atoms with Crippen LogP contribution in [0, 0.1) is 30.1 Å². The predicted molar refractivity (Wildman–Crippen MR) is 105 cm³/mol. The van der Waals surface area contributed by atoms with Crippen LogP contribution in [0.3, 0.4) is 0 Å². The number of pyridine rings is 1. The van der Waals surface area contributed by atoms with E-state index in [-0.39, 0.29) is 17.1 Å². The number of nitrogen functional groups attached to an aromatic ring is 1. The van der Waals surface area contributed by atoms with Crippen molar-refractivity contribution in [1.29, 1.82) is 5.26 Å². The Morgan fingerprint density at radius 3 is 2.79 bits per heavy atom. The van der Waals surface area contributed by atoms with E-state index in [4.69, 9.17) is 5.73 Å². The zero-order chi connectivity index (χ0) is 19.7. The second kappa shape index (κ2) is 6.75. The molecule has 1 aromatic carbocycles. The number of nitriles is 1. The quantitative estimate of drug-likeness (QED) is 0.501. The van der Waals surface area contributed by atoms with Gasteiger partial charge in [0.2, 0.25) is 0 Å². The van der Waals surface area contributed by atoms with Gasteiger partial charge in [-0.3, -0.25) is 9.55 Å². The molecule has 7 heteroatoms. The van der Waals surface area contributed by atoms with Crippen molar-refractivity contribution >= 4 is 17.0 Å². The normalized spacial score (nSPS) is 10.3. The van der Waals surface area contributed by atoms with Gasteiger partial charge in [0.1, 0.15) is 34.4 Å². The first-order valence-corrected chi connectivity index (χ1v) is 8.37. The van der Waals surface area contributed by atoms with Crippen LogP contribution in [0.25, 0.3) is 16.9 Å². The zero-order valence-electron chi connectivity index (χ0n) is 14.9.